The molecule has 0 unspecified atom stereocenters. The molecular formula is C23H23N3O4. The van der Waals surface area contributed by atoms with Crippen LogP contribution in [0.5, 0.6) is 5.75 Å². The van der Waals surface area contributed by atoms with Crippen molar-refractivity contribution in [3.63, 3.8) is 0 Å². The Morgan fingerprint density at radius 3 is 2.77 bits per heavy atom. The second-order valence-corrected chi connectivity index (χ2v) is 6.96. The topological polar surface area (TPSA) is 89.4 Å². The van der Waals surface area contributed by atoms with Crippen LogP contribution >= 0.6 is 0 Å². The molecule has 30 heavy (non-hydrogen) atoms. The number of H-pyrrole nitrogens is 1. The van der Waals surface area contributed by atoms with Gasteiger partial charge in [0.05, 0.1) is 31.0 Å². The van der Waals surface area contributed by atoms with E-state index in [9.17, 15) is 4.79 Å². The average molecular weight is 405 g/mol. The summed E-state index contributed by atoms with van der Waals surface area (Å²) in [5.74, 6) is 1.14. The summed E-state index contributed by atoms with van der Waals surface area (Å²) in [5, 5.41) is 3.92. The molecule has 0 aliphatic rings. The van der Waals surface area contributed by atoms with Crippen LogP contribution in [0.4, 0.5) is 5.69 Å². The van der Waals surface area contributed by atoms with Crippen LogP contribution < -0.4 is 15.5 Å². The van der Waals surface area contributed by atoms with E-state index in [1.165, 1.54) is 6.39 Å². The van der Waals surface area contributed by atoms with Gasteiger partial charge in [0.15, 0.2) is 17.6 Å². The van der Waals surface area contributed by atoms with Crippen LogP contribution in [0.15, 0.2) is 58.2 Å². The quantitative estimate of drug-likeness (QED) is 0.448. The third-order valence-corrected chi connectivity index (χ3v) is 5.02. The summed E-state index contributed by atoms with van der Waals surface area (Å²) in [6, 6.07) is 11.2. The first kappa shape index (κ1) is 19.7. The third-order valence-electron chi connectivity index (χ3n) is 5.02. The minimum atomic E-state index is -0.0864. The lowest BCUT2D eigenvalue weighted by Gasteiger charge is -2.13. The van der Waals surface area contributed by atoms with Gasteiger partial charge in [0, 0.05) is 48.1 Å². The Morgan fingerprint density at radius 2 is 2.03 bits per heavy atom. The van der Waals surface area contributed by atoms with Gasteiger partial charge in [-0.3, -0.25) is 4.79 Å². The number of fused-ring (bicyclic) bond motifs is 1. The zero-order chi connectivity index (χ0) is 21.1. The van der Waals surface area contributed by atoms with E-state index < -0.39 is 0 Å². The van der Waals surface area contributed by atoms with Crippen molar-refractivity contribution in [1.82, 2.24) is 9.97 Å². The summed E-state index contributed by atoms with van der Waals surface area (Å²) in [6.45, 7) is 3.36. The molecule has 2 N–H and O–H groups in total. The molecule has 7 nitrogen and oxygen atoms in total. The first-order valence-corrected chi connectivity index (χ1v) is 9.58. The molecule has 0 aliphatic heterocycles. The molecule has 0 aliphatic carbocycles. The zero-order valence-electron chi connectivity index (χ0n) is 17.1. The number of benzene rings is 2. The van der Waals surface area contributed by atoms with Gasteiger partial charge in [0.1, 0.15) is 5.75 Å². The second-order valence-electron chi connectivity index (χ2n) is 6.96. The number of methoxy groups -OCH3 is 2. The van der Waals surface area contributed by atoms with Crippen LogP contribution in [0.1, 0.15) is 5.56 Å². The number of aromatic amines is 1. The lowest BCUT2D eigenvalue weighted by atomic mass is 10.0. The molecule has 2 aromatic carbocycles. The number of aryl methyl sites for hydroxylation is 1. The first-order chi connectivity index (χ1) is 14.6. The monoisotopic (exact) mass is 405 g/mol. The molecule has 0 spiro atoms. The fourth-order valence-corrected chi connectivity index (χ4v) is 3.41. The van der Waals surface area contributed by atoms with E-state index >= 15 is 0 Å². The fourth-order valence-electron chi connectivity index (χ4n) is 3.41. The van der Waals surface area contributed by atoms with Crippen molar-refractivity contribution in [2.24, 2.45) is 0 Å². The lowest BCUT2D eigenvalue weighted by Crippen LogP contribution is -2.09. The van der Waals surface area contributed by atoms with Crippen molar-refractivity contribution in [3.8, 4) is 28.3 Å². The van der Waals surface area contributed by atoms with E-state index in [2.05, 4.69) is 15.3 Å². The number of rotatable bonds is 7. The number of nitrogens with one attached hydrogen (secondary N) is 2. The van der Waals surface area contributed by atoms with Gasteiger partial charge >= 0.3 is 0 Å². The van der Waals surface area contributed by atoms with Gasteiger partial charge in [-0.2, -0.15) is 0 Å². The van der Waals surface area contributed by atoms with Crippen molar-refractivity contribution in [3.05, 3.63) is 64.8 Å². The van der Waals surface area contributed by atoms with Crippen LogP contribution in [-0.4, -0.2) is 37.3 Å². The Bertz CT molecular complexity index is 1230. The Morgan fingerprint density at radius 1 is 1.17 bits per heavy atom. The van der Waals surface area contributed by atoms with Crippen molar-refractivity contribution < 1.29 is 13.9 Å². The number of oxazole rings is 1. The maximum Gasteiger partial charge on any atom is 0.190 e. The van der Waals surface area contributed by atoms with Crippen molar-refractivity contribution in [1.29, 1.82) is 0 Å². The Hall–Kier alpha value is -3.58. The molecule has 0 amide bonds. The lowest BCUT2D eigenvalue weighted by molar-refractivity contribution is 0.211. The molecule has 0 radical (unpaired) electrons. The van der Waals surface area contributed by atoms with E-state index in [0.717, 1.165) is 22.5 Å². The van der Waals surface area contributed by atoms with Gasteiger partial charge in [-0.15, -0.1) is 0 Å². The van der Waals surface area contributed by atoms with Gasteiger partial charge in [-0.1, -0.05) is 12.1 Å². The van der Waals surface area contributed by atoms with E-state index in [0.29, 0.717) is 41.1 Å². The molecule has 154 valence electrons. The molecule has 0 fully saturated rings. The SMILES string of the molecule is COCCNc1cc(-c2cc(=O)c3cc(-c4cnco4)c(OC)cc3[nH]2)ccc1C. The molecule has 4 aromatic rings. The minimum Gasteiger partial charge on any atom is -0.496 e. The van der Waals surface area contributed by atoms with Crippen LogP contribution in [-0.2, 0) is 4.74 Å². The van der Waals surface area contributed by atoms with Crippen LogP contribution in [0.3, 0.4) is 0 Å². The van der Waals surface area contributed by atoms with Crippen molar-refractivity contribution in [2.45, 2.75) is 6.92 Å². The Kier molecular flexibility index (Phi) is 5.54. The predicted octanol–water partition coefficient (Wildman–Crippen LogP) is 4.23. The van der Waals surface area contributed by atoms with Gasteiger partial charge in [-0.05, 0) is 24.6 Å². The number of aromatic nitrogens is 2. The van der Waals surface area contributed by atoms with E-state index in [-0.39, 0.29) is 5.43 Å². The average Bonchev–Trinajstić information content (AvgIpc) is 3.29. The van der Waals surface area contributed by atoms with Crippen molar-refractivity contribution >= 4 is 16.6 Å². The third kappa shape index (κ3) is 3.79. The fraction of sp³-hybridized carbons (Fsp3) is 0.217. The smallest absolute Gasteiger partial charge is 0.190 e. The highest BCUT2D eigenvalue weighted by molar-refractivity contribution is 5.88. The van der Waals surface area contributed by atoms with Crippen LogP contribution in [0.2, 0.25) is 0 Å². The molecule has 7 heteroatoms. The first-order valence-electron chi connectivity index (χ1n) is 9.58. The molecule has 0 atom stereocenters. The summed E-state index contributed by atoms with van der Waals surface area (Å²) in [6.07, 6.45) is 2.94. The highest BCUT2D eigenvalue weighted by Gasteiger charge is 2.14. The standard InChI is InChI=1S/C23H23N3O4/c1-14-4-5-15(8-18(14)25-6-7-28-2)19-10-21(27)16-9-17(23-12-24-13-30-23)22(29-3)11-20(16)26-19/h4-5,8-13,25H,6-7H2,1-3H3,(H,26,27). The molecule has 0 saturated carbocycles. The molecule has 4 rings (SSSR count). The number of hydrogen-bond acceptors (Lipinski definition) is 6. The van der Waals surface area contributed by atoms with Gasteiger partial charge < -0.3 is 24.2 Å². The van der Waals surface area contributed by atoms with Crippen LogP contribution in [0.25, 0.3) is 33.5 Å². The molecular weight excluding hydrogens is 382 g/mol. The molecule has 2 aromatic heterocycles. The number of anilines is 1. The largest absolute Gasteiger partial charge is 0.496 e. The molecule has 0 bridgehead atoms. The zero-order valence-corrected chi connectivity index (χ0v) is 17.1. The van der Waals surface area contributed by atoms with Crippen LogP contribution in [0, 0.1) is 6.92 Å². The summed E-state index contributed by atoms with van der Waals surface area (Å²) in [5.41, 5.74) is 5.05. The number of hydrogen-bond donors (Lipinski definition) is 2. The molecule has 0 saturated heterocycles. The summed E-state index contributed by atoms with van der Waals surface area (Å²) in [4.78, 5) is 20.2. The predicted molar refractivity (Wildman–Crippen MR) is 117 cm³/mol. The summed E-state index contributed by atoms with van der Waals surface area (Å²) >= 11 is 0. The van der Waals surface area contributed by atoms with Crippen molar-refractivity contribution in [2.75, 3.05) is 32.7 Å². The molecule has 2 heterocycles. The van der Waals surface area contributed by atoms with Gasteiger partial charge in [-0.25, -0.2) is 4.98 Å². The maximum atomic E-state index is 12.9. The summed E-state index contributed by atoms with van der Waals surface area (Å²) in [7, 11) is 3.26. The minimum absolute atomic E-state index is 0.0864. The maximum absolute atomic E-state index is 12.9. The Labute approximate surface area is 173 Å². The van der Waals surface area contributed by atoms with E-state index in [1.54, 1.807) is 32.5 Å². The number of nitrogens with zero attached hydrogens (tertiary/aromatic N) is 1. The van der Waals surface area contributed by atoms with E-state index in [4.69, 9.17) is 13.9 Å². The number of ether oxygens (including phenoxy) is 2. The highest BCUT2D eigenvalue weighted by Crippen LogP contribution is 2.33. The normalized spacial score (nSPS) is 11.0. The second kappa shape index (κ2) is 8.42. The van der Waals surface area contributed by atoms with Gasteiger partial charge in [0.2, 0.25) is 0 Å². The summed E-state index contributed by atoms with van der Waals surface area (Å²) < 4.78 is 16.0. The number of pyridine rings is 1. The van der Waals surface area contributed by atoms with Gasteiger partial charge in [0.25, 0.3) is 0 Å². The van der Waals surface area contributed by atoms with E-state index in [1.807, 2.05) is 31.2 Å². The highest BCUT2D eigenvalue weighted by atomic mass is 16.5. The Balaban J connectivity index is 1.79.